The SMILES string of the molecule is Cc1csc(SCc2ccccc2C(=O)OCC(=O)NCC(C)C)n1. The van der Waals surface area contributed by atoms with Crippen molar-refractivity contribution < 1.29 is 14.3 Å². The first-order valence-electron chi connectivity index (χ1n) is 8.02. The maximum Gasteiger partial charge on any atom is 0.338 e. The van der Waals surface area contributed by atoms with E-state index in [9.17, 15) is 9.59 Å². The van der Waals surface area contributed by atoms with Gasteiger partial charge in [-0.1, -0.05) is 43.8 Å². The summed E-state index contributed by atoms with van der Waals surface area (Å²) in [6.07, 6.45) is 0. The first-order valence-corrected chi connectivity index (χ1v) is 9.89. The van der Waals surface area contributed by atoms with Gasteiger partial charge in [-0.3, -0.25) is 4.79 Å². The fourth-order valence-electron chi connectivity index (χ4n) is 1.96. The molecule has 1 aromatic carbocycles. The van der Waals surface area contributed by atoms with Gasteiger partial charge in [-0.15, -0.1) is 11.3 Å². The number of carbonyl (C=O) groups excluding carboxylic acids is 2. The van der Waals surface area contributed by atoms with Gasteiger partial charge < -0.3 is 10.1 Å². The molecule has 0 atom stereocenters. The van der Waals surface area contributed by atoms with Gasteiger partial charge in [0.25, 0.3) is 5.91 Å². The first-order chi connectivity index (χ1) is 12.0. The molecule has 7 heteroatoms. The molecule has 0 spiro atoms. The fourth-order valence-corrected chi connectivity index (χ4v) is 3.81. The first kappa shape index (κ1) is 19.5. The topological polar surface area (TPSA) is 68.3 Å². The quantitative estimate of drug-likeness (QED) is 0.561. The summed E-state index contributed by atoms with van der Waals surface area (Å²) < 4.78 is 6.11. The van der Waals surface area contributed by atoms with Crippen LogP contribution in [0.5, 0.6) is 0 Å². The predicted molar refractivity (Wildman–Crippen MR) is 101 cm³/mol. The highest BCUT2D eigenvalue weighted by atomic mass is 32.2. The third kappa shape index (κ3) is 6.51. The van der Waals surface area contributed by atoms with Crippen molar-refractivity contribution in [1.82, 2.24) is 10.3 Å². The summed E-state index contributed by atoms with van der Waals surface area (Å²) in [6, 6.07) is 7.28. The van der Waals surface area contributed by atoms with Gasteiger partial charge in [-0.25, -0.2) is 9.78 Å². The second-order valence-corrected chi connectivity index (χ2v) is 8.06. The van der Waals surface area contributed by atoms with Crippen LogP contribution in [0, 0.1) is 12.8 Å². The molecule has 0 aliphatic carbocycles. The maximum absolute atomic E-state index is 12.3. The van der Waals surface area contributed by atoms with Crippen LogP contribution < -0.4 is 5.32 Å². The Morgan fingerprint density at radius 2 is 2.08 bits per heavy atom. The number of hydrogen-bond donors (Lipinski definition) is 1. The highest BCUT2D eigenvalue weighted by Crippen LogP contribution is 2.27. The molecule has 0 aliphatic rings. The summed E-state index contributed by atoms with van der Waals surface area (Å²) in [4.78, 5) is 28.4. The van der Waals surface area contributed by atoms with Crippen LogP contribution in [0.3, 0.4) is 0 Å². The Morgan fingerprint density at radius 1 is 1.32 bits per heavy atom. The maximum atomic E-state index is 12.3. The average Bonchev–Trinajstić information content (AvgIpc) is 3.01. The number of ether oxygens (including phenoxy) is 1. The summed E-state index contributed by atoms with van der Waals surface area (Å²) in [7, 11) is 0. The number of esters is 1. The van der Waals surface area contributed by atoms with Gasteiger partial charge in [0.05, 0.1) is 5.56 Å². The Bertz CT molecular complexity index is 729. The van der Waals surface area contributed by atoms with Gasteiger partial charge in [-0.2, -0.15) is 0 Å². The Labute approximate surface area is 156 Å². The van der Waals surface area contributed by atoms with Crippen LogP contribution in [-0.4, -0.2) is 30.0 Å². The van der Waals surface area contributed by atoms with E-state index in [1.165, 1.54) is 0 Å². The van der Waals surface area contributed by atoms with Gasteiger partial charge in [0.1, 0.15) is 4.34 Å². The fraction of sp³-hybridized carbons (Fsp3) is 0.389. The molecule has 25 heavy (non-hydrogen) atoms. The van der Waals surface area contributed by atoms with E-state index in [0.29, 0.717) is 23.8 Å². The number of aromatic nitrogens is 1. The Balaban J connectivity index is 1.92. The lowest BCUT2D eigenvalue weighted by Crippen LogP contribution is -2.31. The summed E-state index contributed by atoms with van der Waals surface area (Å²) in [5, 5.41) is 4.72. The third-order valence-corrected chi connectivity index (χ3v) is 5.42. The summed E-state index contributed by atoms with van der Waals surface area (Å²) in [5.74, 6) is 0.211. The normalized spacial score (nSPS) is 10.7. The standard InChI is InChI=1S/C18H22N2O3S2/c1-12(2)8-19-16(21)9-23-17(22)15-7-5-4-6-14(15)11-25-18-20-13(3)10-24-18/h4-7,10,12H,8-9,11H2,1-3H3,(H,19,21). The van der Waals surface area contributed by atoms with Crippen molar-refractivity contribution in [2.24, 2.45) is 5.92 Å². The monoisotopic (exact) mass is 378 g/mol. The molecular weight excluding hydrogens is 356 g/mol. The van der Waals surface area contributed by atoms with E-state index in [1.807, 2.05) is 38.3 Å². The Morgan fingerprint density at radius 3 is 2.76 bits per heavy atom. The van der Waals surface area contributed by atoms with E-state index in [4.69, 9.17) is 4.74 Å². The van der Waals surface area contributed by atoms with Gasteiger partial charge >= 0.3 is 5.97 Å². The molecule has 0 saturated carbocycles. The number of nitrogens with zero attached hydrogens (tertiary/aromatic N) is 1. The third-order valence-electron chi connectivity index (χ3n) is 3.23. The van der Waals surface area contributed by atoms with Crippen molar-refractivity contribution in [2.75, 3.05) is 13.2 Å². The Hall–Kier alpha value is -1.86. The van der Waals surface area contributed by atoms with Crippen LogP contribution in [0.15, 0.2) is 34.0 Å². The summed E-state index contributed by atoms with van der Waals surface area (Å²) >= 11 is 3.17. The molecule has 0 aliphatic heterocycles. The molecule has 1 N–H and O–H groups in total. The number of aryl methyl sites for hydroxylation is 1. The van der Waals surface area contributed by atoms with Crippen LogP contribution in [0.25, 0.3) is 0 Å². The predicted octanol–water partition coefficient (Wildman–Crippen LogP) is 3.67. The van der Waals surface area contributed by atoms with E-state index < -0.39 is 5.97 Å². The zero-order chi connectivity index (χ0) is 18.2. The van der Waals surface area contributed by atoms with Crippen LogP contribution in [0.2, 0.25) is 0 Å². The highest BCUT2D eigenvalue weighted by Gasteiger charge is 2.15. The molecule has 1 heterocycles. The summed E-state index contributed by atoms with van der Waals surface area (Å²) in [5.41, 5.74) is 2.35. The molecule has 0 unspecified atom stereocenters. The lowest BCUT2D eigenvalue weighted by Gasteiger charge is -2.10. The molecule has 134 valence electrons. The van der Waals surface area contributed by atoms with Crippen molar-refractivity contribution in [3.05, 3.63) is 46.5 Å². The minimum absolute atomic E-state index is 0.265. The van der Waals surface area contributed by atoms with Gasteiger partial charge in [0, 0.05) is 23.4 Å². The van der Waals surface area contributed by atoms with Crippen molar-refractivity contribution >= 4 is 35.0 Å². The molecular formula is C18H22N2O3S2. The number of hydrogen-bond acceptors (Lipinski definition) is 6. The molecule has 5 nitrogen and oxygen atoms in total. The zero-order valence-electron chi connectivity index (χ0n) is 14.6. The molecule has 0 saturated heterocycles. The second-order valence-electron chi connectivity index (χ2n) is 5.97. The van der Waals surface area contributed by atoms with E-state index in [2.05, 4.69) is 10.3 Å². The number of nitrogens with one attached hydrogen (secondary N) is 1. The van der Waals surface area contributed by atoms with Crippen molar-refractivity contribution in [3.63, 3.8) is 0 Å². The average molecular weight is 379 g/mol. The molecule has 0 bridgehead atoms. The van der Waals surface area contributed by atoms with Gasteiger partial charge in [0.2, 0.25) is 0 Å². The molecule has 2 rings (SSSR count). The van der Waals surface area contributed by atoms with Crippen LogP contribution in [0.1, 0.15) is 35.5 Å². The molecule has 1 aromatic heterocycles. The number of thioether (sulfide) groups is 1. The minimum atomic E-state index is -0.480. The number of carbonyl (C=O) groups is 2. The lowest BCUT2D eigenvalue weighted by atomic mass is 10.1. The highest BCUT2D eigenvalue weighted by molar-refractivity contribution is 8.00. The second kappa shape index (κ2) is 9.58. The van der Waals surface area contributed by atoms with Crippen molar-refractivity contribution in [2.45, 2.75) is 30.9 Å². The lowest BCUT2D eigenvalue weighted by molar-refractivity contribution is -0.124. The molecule has 2 aromatic rings. The summed E-state index contributed by atoms with van der Waals surface area (Å²) in [6.45, 7) is 6.26. The van der Waals surface area contributed by atoms with Crippen LogP contribution in [-0.2, 0) is 15.3 Å². The van der Waals surface area contributed by atoms with Gasteiger partial charge in [0.15, 0.2) is 6.61 Å². The van der Waals surface area contributed by atoms with E-state index in [-0.39, 0.29) is 12.5 Å². The molecule has 0 fully saturated rings. The van der Waals surface area contributed by atoms with Crippen LogP contribution >= 0.6 is 23.1 Å². The number of rotatable bonds is 8. The van der Waals surface area contributed by atoms with E-state index in [0.717, 1.165) is 15.6 Å². The number of benzene rings is 1. The minimum Gasteiger partial charge on any atom is -0.452 e. The van der Waals surface area contributed by atoms with Gasteiger partial charge in [-0.05, 0) is 24.5 Å². The smallest absolute Gasteiger partial charge is 0.338 e. The van der Waals surface area contributed by atoms with E-state index >= 15 is 0 Å². The number of amides is 1. The van der Waals surface area contributed by atoms with Crippen molar-refractivity contribution in [1.29, 1.82) is 0 Å². The van der Waals surface area contributed by atoms with E-state index in [1.54, 1.807) is 35.2 Å². The van der Waals surface area contributed by atoms with Crippen LogP contribution in [0.4, 0.5) is 0 Å². The molecule has 0 radical (unpaired) electrons. The zero-order valence-corrected chi connectivity index (χ0v) is 16.2. The molecule has 1 amide bonds. The number of thiazole rings is 1. The Kier molecular flexibility index (Phi) is 7.46. The van der Waals surface area contributed by atoms with Crippen molar-refractivity contribution in [3.8, 4) is 0 Å². The largest absolute Gasteiger partial charge is 0.452 e.